The van der Waals surface area contributed by atoms with Crippen LogP contribution in [0.3, 0.4) is 0 Å². The van der Waals surface area contributed by atoms with Gasteiger partial charge in [0, 0.05) is 17.9 Å². The fraction of sp³-hybridized carbons (Fsp3) is 0.600. The van der Waals surface area contributed by atoms with Crippen molar-refractivity contribution in [2.75, 3.05) is 6.61 Å². The smallest absolute Gasteiger partial charge is 0.243 e. The Hall–Kier alpha value is -4.25. The number of ketones is 1. The highest BCUT2D eigenvalue weighted by molar-refractivity contribution is 5.98. The van der Waals surface area contributed by atoms with Gasteiger partial charge in [-0.1, -0.05) is 112 Å². The lowest BCUT2D eigenvalue weighted by molar-refractivity contribution is -0.135. The molecule has 2 aliphatic carbocycles. The minimum absolute atomic E-state index is 0.115. The Morgan fingerprint density at radius 1 is 0.846 bits per heavy atom. The van der Waals surface area contributed by atoms with Crippen molar-refractivity contribution < 1.29 is 23.9 Å². The van der Waals surface area contributed by atoms with Gasteiger partial charge in [0.05, 0.1) is 12.6 Å². The molecule has 12 nitrogen and oxygen atoms in total. The van der Waals surface area contributed by atoms with Crippen LogP contribution in [0.5, 0.6) is 0 Å². The number of azide groups is 1. The number of epoxide rings is 1. The highest BCUT2D eigenvalue weighted by Gasteiger charge is 2.51. The lowest BCUT2D eigenvalue weighted by Gasteiger charge is -2.42. The zero-order chi connectivity index (χ0) is 37.3. The highest BCUT2D eigenvalue weighted by atomic mass is 16.6. The van der Waals surface area contributed by atoms with Crippen LogP contribution in [0.15, 0.2) is 59.7 Å². The lowest BCUT2D eigenvalue weighted by Crippen LogP contribution is -2.59. The summed E-state index contributed by atoms with van der Waals surface area (Å²) in [6.45, 7) is 6.12. The topological polar surface area (TPSA) is 192 Å². The molecule has 12 heteroatoms. The summed E-state index contributed by atoms with van der Waals surface area (Å²) in [5.41, 5.74) is 16.6. The molecule has 1 heterocycles. The SMILES string of the molecule is CC(C)[C@H](NC(=O)[C@H](Cc1ccc(CN)cc1)NC(=O)C(Cc1ccccc1)N=[N+]=[N-])C(=O)N[C@@H](CC1CCCC2CCCCC21)C(=O)[C@@]1(C)CO1. The molecule has 280 valence electrons. The Labute approximate surface area is 307 Å². The number of amides is 3. The van der Waals surface area contributed by atoms with Gasteiger partial charge < -0.3 is 26.4 Å². The van der Waals surface area contributed by atoms with Crippen molar-refractivity contribution in [2.45, 2.75) is 121 Å². The molecule has 3 amide bonds. The van der Waals surface area contributed by atoms with Gasteiger partial charge in [-0.15, -0.1) is 0 Å². The van der Waals surface area contributed by atoms with Gasteiger partial charge in [-0.25, -0.2) is 0 Å². The van der Waals surface area contributed by atoms with Crippen molar-refractivity contribution in [3.8, 4) is 0 Å². The standard InChI is InChI=1S/C40H55N7O5/c1-25(2)35(39(51)43-32(36(48)40(3)24-52-40)22-30-14-9-13-29-12-7-8-15-31(29)30)45-37(49)33(20-27-16-18-28(23-41)19-17-27)44-38(50)34(46-47-42)21-26-10-5-4-6-11-26/h4-6,10-11,16-19,25,29-35H,7-9,12-15,20-24,41H2,1-3H3,(H,43,51)(H,44,50)(H,45,49)/t29?,30?,31?,32-,33-,34?,35-,40+/m0/s1. The van der Waals surface area contributed by atoms with Crippen molar-refractivity contribution in [1.29, 1.82) is 0 Å². The molecule has 2 aromatic rings. The summed E-state index contributed by atoms with van der Waals surface area (Å²) in [5.74, 6) is -0.504. The van der Waals surface area contributed by atoms with Gasteiger partial charge in [0.25, 0.3) is 0 Å². The Morgan fingerprint density at radius 3 is 2.13 bits per heavy atom. The normalized spacial score (nSPS) is 24.6. The van der Waals surface area contributed by atoms with E-state index in [9.17, 15) is 24.7 Å². The fourth-order valence-electron chi connectivity index (χ4n) is 8.18. The first-order valence-electron chi connectivity index (χ1n) is 19.0. The van der Waals surface area contributed by atoms with Crippen LogP contribution in [0.2, 0.25) is 0 Å². The number of hydrogen-bond donors (Lipinski definition) is 4. The number of benzene rings is 2. The number of carbonyl (C=O) groups excluding carboxylic acids is 4. The molecule has 0 radical (unpaired) electrons. The van der Waals surface area contributed by atoms with Gasteiger partial charge in [0.2, 0.25) is 17.7 Å². The van der Waals surface area contributed by atoms with Crippen molar-refractivity contribution in [3.63, 3.8) is 0 Å². The van der Waals surface area contributed by atoms with Crippen LogP contribution in [0, 0.1) is 23.7 Å². The van der Waals surface area contributed by atoms with E-state index in [1.54, 1.807) is 6.92 Å². The number of ether oxygens (including phenoxy) is 1. The summed E-state index contributed by atoms with van der Waals surface area (Å²) in [4.78, 5) is 58.5. The number of carbonyl (C=O) groups is 4. The molecule has 1 aliphatic heterocycles. The van der Waals surface area contributed by atoms with Crippen molar-refractivity contribution >= 4 is 23.5 Å². The summed E-state index contributed by atoms with van der Waals surface area (Å²) >= 11 is 0. The fourth-order valence-corrected chi connectivity index (χ4v) is 8.18. The molecule has 1 saturated heterocycles. The first-order chi connectivity index (χ1) is 25.0. The molecule has 3 fully saturated rings. The third-order valence-electron chi connectivity index (χ3n) is 11.3. The molecular weight excluding hydrogens is 658 g/mol. The monoisotopic (exact) mass is 713 g/mol. The maximum absolute atomic E-state index is 14.1. The summed E-state index contributed by atoms with van der Waals surface area (Å²) in [7, 11) is 0. The molecule has 8 atom stereocenters. The molecule has 0 bridgehead atoms. The van der Waals surface area contributed by atoms with E-state index >= 15 is 0 Å². The Kier molecular flexibility index (Phi) is 13.5. The molecule has 5 rings (SSSR count). The summed E-state index contributed by atoms with van der Waals surface area (Å²) in [6.07, 6.45) is 9.09. The number of nitrogens with one attached hydrogen (secondary N) is 3. The van der Waals surface area contributed by atoms with E-state index in [4.69, 9.17) is 10.5 Å². The van der Waals surface area contributed by atoms with Crippen molar-refractivity contribution in [2.24, 2.45) is 34.5 Å². The number of nitrogens with zero attached hydrogens (tertiary/aromatic N) is 3. The molecular formula is C40H55N7O5. The van der Waals surface area contributed by atoms with Gasteiger partial charge in [-0.2, -0.15) is 0 Å². The lowest BCUT2D eigenvalue weighted by atomic mass is 9.64. The van der Waals surface area contributed by atoms with Crippen LogP contribution >= 0.6 is 0 Å². The molecule has 2 saturated carbocycles. The van der Waals surface area contributed by atoms with E-state index in [0.29, 0.717) is 37.3 Å². The summed E-state index contributed by atoms with van der Waals surface area (Å²) < 4.78 is 5.55. The van der Waals surface area contributed by atoms with Crippen molar-refractivity contribution in [1.82, 2.24) is 16.0 Å². The number of Topliss-reactive ketones (excluding diaryl/α,β-unsaturated/α-hetero) is 1. The maximum atomic E-state index is 14.1. The largest absolute Gasteiger partial charge is 0.361 e. The van der Waals surface area contributed by atoms with Crippen LogP contribution in [0.4, 0.5) is 0 Å². The second-order valence-electron chi connectivity index (χ2n) is 15.5. The summed E-state index contributed by atoms with van der Waals surface area (Å²) in [6, 6.07) is 12.7. The van der Waals surface area contributed by atoms with Crippen LogP contribution in [0.1, 0.15) is 88.8 Å². The zero-order valence-corrected chi connectivity index (χ0v) is 30.8. The molecule has 0 aromatic heterocycles. The Balaban J connectivity index is 1.33. The molecule has 4 unspecified atom stereocenters. The van der Waals surface area contributed by atoms with Crippen LogP contribution < -0.4 is 21.7 Å². The highest BCUT2D eigenvalue weighted by Crippen LogP contribution is 2.46. The minimum Gasteiger partial charge on any atom is -0.361 e. The van der Waals surface area contributed by atoms with Crippen LogP contribution in [-0.4, -0.2) is 59.9 Å². The Bertz CT molecular complexity index is 1590. The number of hydrogen-bond acceptors (Lipinski definition) is 7. The third-order valence-corrected chi connectivity index (χ3v) is 11.3. The number of nitrogens with two attached hydrogens (primary N) is 1. The van der Waals surface area contributed by atoms with E-state index in [0.717, 1.165) is 36.0 Å². The third kappa shape index (κ3) is 10.2. The van der Waals surface area contributed by atoms with Gasteiger partial charge in [-0.3, -0.25) is 19.2 Å². The van der Waals surface area contributed by atoms with Gasteiger partial charge in [-0.05, 0) is 72.1 Å². The van der Waals surface area contributed by atoms with E-state index < -0.39 is 47.5 Å². The van der Waals surface area contributed by atoms with Gasteiger partial charge >= 0.3 is 0 Å². The number of rotatable bonds is 17. The average Bonchev–Trinajstić information content (AvgIpc) is 3.91. The molecule has 3 aliphatic rings. The second-order valence-corrected chi connectivity index (χ2v) is 15.5. The molecule has 5 N–H and O–H groups in total. The van der Waals surface area contributed by atoms with E-state index in [-0.39, 0.29) is 24.5 Å². The first kappa shape index (κ1) is 39.0. The maximum Gasteiger partial charge on any atom is 0.243 e. The van der Waals surface area contributed by atoms with E-state index in [1.807, 2.05) is 68.4 Å². The second kappa shape index (κ2) is 18.0. The quantitative estimate of drug-likeness (QED) is 0.0765. The molecule has 0 spiro atoms. The van der Waals surface area contributed by atoms with Crippen molar-refractivity contribution in [3.05, 3.63) is 81.7 Å². The zero-order valence-electron chi connectivity index (χ0n) is 30.8. The van der Waals surface area contributed by atoms with Gasteiger partial charge in [0.15, 0.2) is 5.78 Å². The van der Waals surface area contributed by atoms with E-state index in [2.05, 4.69) is 26.0 Å². The first-order valence-corrected chi connectivity index (χ1v) is 19.0. The van der Waals surface area contributed by atoms with Crippen LogP contribution in [0.25, 0.3) is 10.4 Å². The van der Waals surface area contributed by atoms with E-state index in [1.165, 1.54) is 25.7 Å². The molecule has 2 aromatic carbocycles. The van der Waals surface area contributed by atoms with Crippen LogP contribution in [-0.2, 0) is 43.3 Å². The summed E-state index contributed by atoms with van der Waals surface area (Å²) in [5, 5.41) is 12.5. The molecule has 52 heavy (non-hydrogen) atoms. The predicted molar refractivity (Wildman–Crippen MR) is 199 cm³/mol. The predicted octanol–water partition coefficient (Wildman–Crippen LogP) is 5.07. The van der Waals surface area contributed by atoms with Gasteiger partial charge in [0.1, 0.15) is 23.7 Å². The number of fused-ring (bicyclic) bond motifs is 1. The Morgan fingerprint density at radius 2 is 1.48 bits per heavy atom. The average molecular weight is 714 g/mol. The minimum atomic E-state index is -1.10.